The second-order valence-corrected chi connectivity index (χ2v) is 9.71. The topological polar surface area (TPSA) is 100 Å². The molecule has 9 heteroatoms. The summed E-state index contributed by atoms with van der Waals surface area (Å²) in [4.78, 5) is 12.5. The number of methoxy groups -OCH3 is 4. The van der Waals surface area contributed by atoms with Gasteiger partial charge in [0, 0.05) is 23.6 Å². The van der Waals surface area contributed by atoms with Gasteiger partial charge in [0.05, 0.1) is 45.4 Å². The molecule has 0 aliphatic carbocycles. The number of amides is 1. The predicted octanol–water partition coefficient (Wildman–Crippen LogP) is 4.96. The molecule has 1 amide bonds. The third kappa shape index (κ3) is 7.62. The molecule has 1 N–H and O–H groups in total. The highest BCUT2D eigenvalue weighted by Crippen LogP contribution is 2.35. The average molecular weight is 524 g/mol. The zero-order valence-corrected chi connectivity index (χ0v) is 21.9. The summed E-state index contributed by atoms with van der Waals surface area (Å²) in [5.74, 6) is 1.06. The van der Waals surface area contributed by atoms with Crippen LogP contribution < -0.4 is 24.3 Å². The highest BCUT2D eigenvalue weighted by atomic mass is 32.2. The van der Waals surface area contributed by atoms with Crippen LogP contribution in [0.4, 0.5) is 5.69 Å². The molecule has 0 bridgehead atoms. The van der Waals surface area contributed by atoms with E-state index in [2.05, 4.69) is 5.32 Å². The van der Waals surface area contributed by atoms with E-state index < -0.39 is 9.84 Å². The number of ether oxygens (including phenoxy) is 4. The largest absolute Gasteiger partial charge is 0.496 e. The van der Waals surface area contributed by atoms with E-state index in [-0.39, 0.29) is 11.7 Å². The summed E-state index contributed by atoms with van der Waals surface area (Å²) >= 11 is 0. The van der Waals surface area contributed by atoms with Crippen LogP contribution in [0.3, 0.4) is 0 Å². The van der Waals surface area contributed by atoms with E-state index in [0.717, 1.165) is 11.0 Å². The molecule has 0 aliphatic rings. The molecular weight excluding hydrogens is 494 g/mol. The first-order valence-electron chi connectivity index (χ1n) is 11.2. The molecule has 194 valence electrons. The minimum Gasteiger partial charge on any atom is -0.496 e. The van der Waals surface area contributed by atoms with Crippen LogP contribution in [-0.4, -0.2) is 42.8 Å². The molecule has 0 fully saturated rings. The Bertz CT molecular complexity index is 1370. The van der Waals surface area contributed by atoms with E-state index in [0.29, 0.717) is 39.8 Å². The maximum absolute atomic E-state index is 12.9. The van der Waals surface area contributed by atoms with E-state index in [1.807, 2.05) is 30.3 Å². The van der Waals surface area contributed by atoms with Gasteiger partial charge in [0.2, 0.25) is 5.91 Å². The fraction of sp³-hybridized carbons (Fsp3) is 0.179. The lowest BCUT2D eigenvalue weighted by Crippen LogP contribution is -2.10. The zero-order chi connectivity index (χ0) is 26.8. The van der Waals surface area contributed by atoms with Crippen LogP contribution in [0.1, 0.15) is 16.7 Å². The number of rotatable bonds is 11. The molecule has 0 atom stereocenters. The summed E-state index contributed by atoms with van der Waals surface area (Å²) in [7, 11) is 2.23. The average Bonchev–Trinajstić information content (AvgIpc) is 2.90. The molecule has 3 aromatic carbocycles. The Morgan fingerprint density at radius 1 is 0.811 bits per heavy atom. The lowest BCUT2D eigenvalue weighted by atomic mass is 10.1. The van der Waals surface area contributed by atoms with Gasteiger partial charge in [-0.15, -0.1) is 0 Å². The van der Waals surface area contributed by atoms with E-state index in [1.54, 1.807) is 36.4 Å². The summed E-state index contributed by atoms with van der Waals surface area (Å²) in [6.45, 7) is 0. The number of sulfone groups is 1. The fourth-order valence-electron chi connectivity index (χ4n) is 3.50. The van der Waals surface area contributed by atoms with Crippen molar-refractivity contribution in [3.8, 4) is 23.0 Å². The van der Waals surface area contributed by atoms with E-state index in [1.165, 1.54) is 40.6 Å². The van der Waals surface area contributed by atoms with E-state index in [4.69, 9.17) is 18.9 Å². The molecule has 0 aromatic heterocycles. The Morgan fingerprint density at radius 2 is 1.46 bits per heavy atom. The fourth-order valence-corrected chi connectivity index (χ4v) is 4.59. The molecule has 0 saturated heterocycles. The Hall–Kier alpha value is -4.24. The summed E-state index contributed by atoms with van der Waals surface area (Å²) in [6.07, 6.45) is 4.51. The third-order valence-corrected chi connectivity index (χ3v) is 6.60. The van der Waals surface area contributed by atoms with Crippen LogP contribution in [0.2, 0.25) is 0 Å². The van der Waals surface area contributed by atoms with Crippen LogP contribution in [0.25, 0.3) is 12.2 Å². The number of anilines is 1. The Labute approximate surface area is 217 Å². The lowest BCUT2D eigenvalue weighted by molar-refractivity contribution is -0.111. The van der Waals surface area contributed by atoms with Gasteiger partial charge < -0.3 is 24.3 Å². The molecule has 0 spiro atoms. The predicted molar refractivity (Wildman–Crippen MR) is 145 cm³/mol. The van der Waals surface area contributed by atoms with Gasteiger partial charge in [-0.25, -0.2) is 8.42 Å². The van der Waals surface area contributed by atoms with Gasteiger partial charge in [-0.1, -0.05) is 36.4 Å². The summed E-state index contributed by atoms with van der Waals surface area (Å²) in [5, 5.41) is 3.85. The second-order valence-electron chi connectivity index (χ2n) is 7.82. The highest BCUT2D eigenvalue weighted by molar-refractivity contribution is 7.93. The number of nitrogens with one attached hydrogen (secondary N) is 1. The van der Waals surface area contributed by atoms with Gasteiger partial charge in [0.15, 0.2) is 9.84 Å². The highest BCUT2D eigenvalue weighted by Gasteiger charge is 2.15. The lowest BCUT2D eigenvalue weighted by Gasteiger charge is -2.13. The molecule has 8 nitrogen and oxygen atoms in total. The minimum absolute atomic E-state index is 0.295. The van der Waals surface area contributed by atoms with E-state index in [9.17, 15) is 13.2 Å². The van der Waals surface area contributed by atoms with Crippen molar-refractivity contribution in [1.29, 1.82) is 0 Å². The van der Waals surface area contributed by atoms with Crippen molar-refractivity contribution in [3.05, 3.63) is 88.8 Å². The van der Waals surface area contributed by atoms with Gasteiger partial charge in [0.25, 0.3) is 0 Å². The maximum Gasteiger partial charge on any atom is 0.248 e. The Balaban J connectivity index is 1.80. The first-order valence-corrected chi connectivity index (χ1v) is 12.9. The van der Waals surface area contributed by atoms with Gasteiger partial charge in [-0.05, 0) is 35.4 Å². The summed E-state index contributed by atoms with van der Waals surface area (Å²) in [5.41, 5.74) is 2.17. The van der Waals surface area contributed by atoms with Crippen molar-refractivity contribution < 1.29 is 32.2 Å². The van der Waals surface area contributed by atoms with Crippen LogP contribution in [-0.2, 0) is 20.4 Å². The van der Waals surface area contributed by atoms with Crippen LogP contribution in [0, 0.1) is 0 Å². The first kappa shape index (κ1) is 27.3. The maximum atomic E-state index is 12.9. The number of carbonyl (C=O) groups excluding carboxylic acids is 1. The van der Waals surface area contributed by atoms with E-state index >= 15 is 0 Å². The molecule has 0 heterocycles. The molecule has 3 aromatic rings. The zero-order valence-electron chi connectivity index (χ0n) is 21.1. The molecule has 3 rings (SSSR count). The van der Waals surface area contributed by atoms with Gasteiger partial charge in [-0.3, -0.25) is 4.79 Å². The smallest absolute Gasteiger partial charge is 0.248 e. The normalized spacial score (nSPS) is 11.5. The van der Waals surface area contributed by atoms with Gasteiger partial charge in [0.1, 0.15) is 23.0 Å². The molecule has 0 aliphatic heterocycles. The van der Waals surface area contributed by atoms with Crippen molar-refractivity contribution in [2.75, 3.05) is 33.8 Å². The van der Waals surface area contributed by atoms with Crippen LogP contribution in [0.15, 0.2) is 72.1 Å². The minimum atomic E-state index is -3.70. The van der Waals surface area contributed by atoms with Gasteiger partial charge >= 0.3 is 0 Å². The number of benzene rings is 3. The molecule has 0 unspecified atom stereocenters. The Morgan fingerprint density at radius 3 is 2.05 bits per heavy atom. The SMILES string of the molecule is COc1cc(OC)c(/C=C/S(=O)(=O)Cc2ccc(OC)c(NC(=O)C=Cc3ccccc3)c2)c(OC)c1. The van der Waals surface area contributed by atoms with Crippen LogP contribution in [0.5, 0.6) is 23.0 Å². The standard InChI is InChI=1S/C28H29NO7S/c1-33-22-17-26(35-3)23(27(18-22)36-4)14-15-37(31,32)19-21-10-12-25(34-2)24(16-21)29-28(30)13-11-20-8-6-5-7-9-20/h5-18H,19H2,1-4H3,(H,29,30)/b13-11?,15-14+. The monoisotopic (exact) mass is 523 g/mol. The first-order chi connectivity index (χ1) is 17.8. The number of hydrogen-bond acceptors (Lipinski definition) is 7. The van der Waals surface area contributed by atoms with Crippen molar-refractivity contribution in [1.82, 2.24) is 0 Å². The van der Waals surface area contributed by atoms with Crippen molar-refractivity contribution >= 4 is 33.6 Å². The Kier molecular flexibility index (Phi) is 9.34. The summed E-state index contributed by atoms with van der Waals surface area (Å²) in [6, 6.07) is 17.5. The molecule has 37 heavy (non-hydrogen) atoms. The second kappa shape index (κ2) is 12.6. The molecular formula is C28H29NO7S. The molecule has 0 saturated carbocycles. The number of hydrogen-bond donors (Lipinski definition) is 1. The number of carbonyl (C=O) groups is 1. The summed E-state index contributed by atoms with van der Waals surface area (Å²) < 4.78 is 47.1. The third-order valence-electron chi connectivity index (χ3n) is 5.31. The van der Waals surface area contributed by atoms with Gasteiger partial charge in [-0.2, -0.15) is 0 Å². The van der Waals surface area contributed by atoms with Crippen molar-refractivity contribution in [2.45, 2.75) is 5.75 Å². The van der Waals surface area contributed by atoms with Crippen molar-refractivity contribution in [2.24, 2.45) is 0 Å². The van der Waals surface area contributed by atoms with Crippen LogP contribution >= 0.6 is 0 Å². The quantitative estimate of drug-likeness (QED) is 0.355. The molecule has 0 radical (unpaired) electrons. The van der Waals surface area contributed by atoms with Crippen molar-refractivity contribution in [3.63, 3.8) is 0 Å².